The summed E-state index contributed by atoms with van der Waals surface area (Å²) in [6, 6.07) is 10.0. The third kappa shape index (κ3) is 4.14. The maximum absolute atomic E-state index is 13.2. The number of carbonyl (C=O) groups is 1. The minimum absolute atomic E-state index is 0.00187. The molecule has 1 atom stereocenters. The minimum Gasteiger partial charge on any atom is -0.457 e. The van der Waals surface area contributed by atoms with E-state index in [0.29, 0.717) is 17.2 Å². The number of nitrogens with one attached hydrogen (secondary N) is 1. The molecular formula is C19H20F2N2O2. The van der Waals surface area contributed by atoms with Crippen LogP contribution in [0.2, 0.25) is 0 Å². The molecule has 1 fully saturated rings. The highest BCUT2D eigenvalue weighted by atomic mass is 19.2. The molecule has 132 valence electrons. The van der Waals surface area contributed by atoms with E-state index in [2.05, 4.69) is 5.32 Å². The average molecular weight is 346 g/mol. The Bertz CT molecular complexity index is 750. The average Bonchev–Trinajstić information content (AvgIpc) is 3.07. The van der Waals surface area contributed by atoms with Crippen LogP contribution in [0.3, 0.4) is 0 Å². The zero-order valence-corrected chi connectivity index (χ0v) is 14.0. The highest BCUT2D eigenvalue weighted by Crippen LogP contribution is 2.24. The van der Waals surface area contributed by atoms with Crippen molar-refractivity contribution in [3.05, 3.63) is 59.7 Å². The van der Waals surface area contributed by atoms with Gasteiger partial charge in [-0.05, 0) is 62.3 Å². The van der Waals surface area contributed by atoms with Gasteiger partial charge in [0, 0.05) is 24.7 Å². The fourth-order valence-electron chi connectivity index (χ4n) is 3.00. The first kappa shape index (κ1) is 17.4. The Morgan fingerprint density at radius 2 is 1.88 bits per heavy atom. The van der Waals surface area contributed by atoms with E-state index >= 15 is 0 Å². The van der Waals surface area contributed by atoms with Crippen LogP contribution in [0, 0.1) is 17.6 Å². The molecule has 3 rings (SSSR count). The van der Waals surface area contributed by atoms with E-state index in [1.807, 2.05) is 11.9 Å². The maximum Gasteiger partial charge on any atom is 0.253 e. The number of benzene rings is 2. The van der Waals surface area contributed by atoms with Gasteiger partial charge in [-0.25, -0.2) is 8.78 Å². The lowest BCUT2D eigenvalue weighted by molar-refractivity contribution is 0.0787. The summed E-state index contributed by atoms with van der Waals surface area (Å²) in [5.41, 5.74) is 0.586. The van der Waals surface area contributed by atoms with Crippen LogP contribution in [0.4, 0.5) is 8.78 Å². The van der Waals surface area contributed by atoms with Gasteiger partial charge in [-0.3, -0.25) is 4.79 Å². The maximum atomic E-state index is 13.2. The number of hydrogen-bond donors (Lipinski definition) is 1. The van der Waals surface area contributed by atoms with Gasteiger partial charge in [-0.1, -0.05) is 0 Å². The standard InChI is InChI=1S/C19H20F2N2O2/c1-22-11-13-8-9-23(12-13)19(24)14-2-4-15(5-3-14)25-16-6-7-17(20)18(21)10-16/h2-7,10,13,22H,8-9,11-12H2,1H3/t13-/m1/s1. The zero-order chi connectivity index (χ0) is 17.8. The lowest BCUT2D eigenvalue weighted by Gasteiger charge is -2.17. The molecule has 0 saturated carbocycles. The Morgan fingerprint density at radius 1 is 1.16 bits per heavy atom. The molecule has 6 heteroatoms. The largest absolute Gasteiger partial charge is 0.457 e. The number of rotatable bonds is 5. The summed E-state index contributed by atoms with van der Waals surface area (Å²) >= 11 is 0. The summed E-state index contributed by atoms with van der Waals surface area (Å²) in [4.78, 5) is 14.4. The van der Waals surface area contributed by atoms with Gasteiger partial charge in [-0.2, -0.15) is 0 Å². The quantitative estimate of drug-likeness (QED) is 0.902. The SMILES string of the molecule is CNC[C@H]1CCN(C(=O)c2ccc(Oc3ccc(F)c(F)c3)cc2)C1. The van der Waals surface area contributed by atoms with E-state index in [4.69, 9.17) is 4.74 Å². The van der Waals surface area contributed by atoms with Crippen molar-refractivity contribution in [1.82, 2.24) is 10.2 Å². The van der Waals surface area contributed by atoms with Gasteiger partial charge >= 0.3 is 0 Å². The van der Waals surface area contributed by atoms with E-state index in [1.54, 1.807) is 24.3 Å². The van der Waals surface area contributed by atoms with Gasteiger partial charge < -0.3 is 15.0 Å². The Balaban J connectivity index is 1.63. The van der Waals surface area contributed by atoms with Gasteiger partial charge in [0.15, 0.2) is 11.6 Å². The van der Waals surface area contributed by atoms with Crippen molar-refractivity contribution in [2.45, 2.75) is 6.42 Å². The zero-order valence-electron chi connectivity index (χ0n) is 14.0. The summed E-state index contributed by atoms with van der Waals surface area (Å²) in [6.45, 7) is 2.43. The second-order valence-corrected chi connectivity index (χ2v) is 6.17. The molecule has 1 N–H and O–H groups in total. The first-order valence-electron chi connectivity index (χ1n) is 8.23. The number of ether oxygens (including phenoxy) is 1. The molecule has 1 amide bonds. The number of carbonyl (C=O) groups excluding carboxylic acids is 1. The van der Waals surface area contributed by atoms with Gasteiger partial charge in [-0.15, -0.1) is 0 Å². The van der Waals surface area contributed by atoms with Gasteiger partial charge in [0.05, 0.1) is 0 Å². The van der Waals surface area contributed by atoms with Crippen LogP contribution in [-0.2, 0) is 0 Å². The van der Waals surface area contributed by atoms with Crippen molar-refractivity contribution in [3.8, 4) is 11.5 Å². The highest BCUT2D eigenvalue weighted by molar-refractivity contribution is 5.94. The third-order valence-electron chi connectivity index (χ3n) is 4.29. The Hall–Kier alpha value is -2.47. The molecule has 25 heavy (non-hydrogen) atoms. The minimum atomic E-state index is -0.963. The molecule has 1 saturated heterocycles. The molecule has 4 nitrogen and oxygen atoms in total. The van der Waals surface area contributed by atoms with Crippen molar-refractivity contribution in [3.63, 3.8) is 0 Å². The van der Waals surface area contributed by atoms with Crippen LogP contribution >= 0.6 is 0 Å². The van der Waals surface area contributed by atoms with E-state index in [1.165, 1.54) is 6.07 Å². The second kappa shape index (κ2) is 7.61. The van der Waals surface area contributed by atoms with Gasteiger partial charge in [0.25, 0.3) is 5.91 Å². The molecule has 0 aromatic heterocycles. The Kier molecular flexibility index (Phi) is 5.28. The summed E-state index contributed by atoms with van der Waals surface area (Å²) in [5, 5.41) is 3.14. The predicted octanol–water partition coefficient (Wildman–Crippen LogP) is 3.44. The summed E-state index contributed by atoms with van der Waals surface area (Å²) in [6.07, 6.45) is 1.00. The summed E-state index contributed by atoms with van der Waals surface area (Å²) in [5.74, 6) is -0.739. The van der Waals surface area contributed by atoms with E-state index in [0.717, 1.165) is 38.2 Å². The molecule has 1 aliphatic heterocycles. The van der Waals surface area contributed by atoms with Crippen LogP contribution < -0.4 is 10.1 Å². The van der Waals surface area contributed by atoms with Gasteiger partial charge in [0.1, 0.15) is 11.5 Å². The van der Waals surface area contributed by atoms with Crippen molar-refractivity contribution in [2.75, 3.05) is 26.7 Å². The van der Waals surface area contributed by atoms with Crippen molar-refractivity contribution >= 4 is 5.91 Å². The normalized spacial score (nSPS) is 16.9. The smallest absolute Gasteiger partial charge is 0.253 e. The van der Waals surface area contributed by atoms with Crippen LogP contribution in [0.1, 0.15) is 16.8 Å². The third-order valence-corrected chi connectivity index (χ3v) is 4.29. The lowest BCUT2D eigenvalue weighted by atomic mass is 10.1. The molecule has 0 bridgehead atoms. The lowest BCUT2D eigenvalue weighted by Crippen LogP contribution is -2.30. The van der Waals surface area contributed by atoms with Crippen LogP contribution in [0.25, 0.3) is 0 Å². The van der Waals surface area contributed by atoms with E-state index in [9.17, 15) is 13.6 Å². The topological polar surface area (TPSA) is 41.6 Å². The van der Waals surface area contributed by atoms with Gasteiger partial charge in [0.2, 0.25) is 0 Å². The van der Waals surface area contributed by atoms with Crippen molar-refractivity contribution in [2.24, 2.45) is 5.92 Å². The monoisotopic (exact) mass is 346 g/mol. The van der Waals surface area contributed by atoms with Crippen LogP contribution in [0.15, 0.2) is 42.5 Å². The first-order chi connectivity index (χ1) is 12.1. The fraction of sp³-hybridized carbons (Fsp3) is 0.316. The molecule has 0 aliphatic carbocycles. The molecule has 0 radical (unpaired) electrons. The molecule has 0 spiro atoms. The fourth-order valence-corrected chi connectivity index (χ4v) is 3.00. The van der Waals surface area contributed by atoms with Crippen LogP contribution in [0.5, 0.6) is 11.5 Å². The summed E-state index contributed by atoms with van der Waals surface area (Å²) < 4.78 is 31.6. The molecule has 2 aromatic carbocycles. The summed E-state index contributed by atoms with van der Waals surface area (Å²) in [7, 11) is 1.91. The predicted molar refractivity (Wildman–Crippen MR) is 90.8 cm³/mol. The highest BCUT2D eigenvalue weighted by Gasteiger charge is 2.26. The Morgan fingerprint density at radius 3 is 2.56 bits per heavy atom. The number of likely N-dealkylation sites (tertiary alicyclic amines) is 1. The molecule has 1 aliphatic rings. The van der Waals surface area contributed by atoms with E-state index in [-0.39, 0.29) is 11.7 Å². The molecule has 1 heterocycles. The van der Waals surface area contributed by atoms with Crippen molar-refractivity contribution < 1.29 is 18.3 Å². The Labute approximate surface area is 145 Å². The number of hydrogen-bond acceptors (Lipinski definition) is 3. The number of halogens is 2. The number of amides is 1. The van der Waals surface area contributed by atoms with Crippen LogP contribution in [-0.4, -0.2) is 37.5 Å². The second-order valence-electron chi connectivity index (χ2n) is 6.17. The molecule has 0 unspecified atom stereocenters. The number of nitrogens with zero attached hydrogens (tertiary/aromatic N) is 1. The molecule has 2 aromatic rings. The van der Waals surface area contributed by atoms with E-state index < -0.39 is 11.6 Å². The first-order valence-corrected chi connectivity index (χ1v) is 8.23. The molecular weight excluding hydrogens is 326 g/mol. The van der Waals surface area contributed by atoms with Crippen molar-refractivity contribution in [1.29, 1.82) is 0 Å².